The lowest BCUT2D eigenvalue weighted by Gasteiger charge is -2.25. The molecule has 1 saturated heterocycles. The number of carbonyl (C=O) groups excluding carboxylic acids is 1. The summed E-state index contributed by atoms with van der Waals surface area (Å²) in [7, 11) is -3.42. The molecule has 2 aromatic carbocycles. The summed E-state index contributed by atoms with van der Waals surface area (Å²) in [6, 6.07) is 14.9. The van der Waals surface area contributed by atoms with Gasteiger partial charge < -0.3 is 10.3 Å². The second-order valence-corrected chi connectivity index (χ2v) is 9.68. The van der Waals surface area contributed by atoms with Gasteiger partial charge in [0.25, 0.3) is 0 Å². The molecule has 0 saturated carbocycles. The standard InChI is InChI=1S/C23H27N3O3S/c27-23(13-10-19-17-24-22-7-3-2-6-21(19)22)25-16-18-8-11-20(12-9-18)30(28,29)26-14-4-1-5-15-26/h2-3,6-9,11-12,17,24H,1,4-5,10,13-16H2,(H,25,27). The van der Waals surface area contributed by atoms with E-state index in [1.165, 1.54) is 0 Å². The summed E-state index contributed by atoms with van der Waals surface area (Å²) >= 11 is 0. The van der Waals surface area contributed by atoms with E-state index < -0.39 is 10.0 Å². The maximum absolute atomic E-state index is 12.7. The number of hydrogen-bond acceptors (Lipinski definition) is 3. The van der Waals surface area contributed by atoms with Crippen molar-refractivity contribution >= 4 is 26.8 Å². The Labute approximate surface area is 177 Å². The van der Waals surface area contributed by atoms with Crippen molar-refractivity contribution in [2.24, 2.45) is 0 Å². The topological polar surface area (TPSA) is 82.3 Å². The molecule has 1 amide bonds. The average Bonchev–Trinajstić information content (AvgIpc) is 3.20. The number of carbonyl (C=O) groups is 1. The zero-order valence-corrected chi connectivity index (χ0v) is 17.7. The van der Waals surface area contributed by atoms with Crippen molar-refractivity contribution < 1.29 is 13.2 Å². The fraction of sp³-hybridized carbons (Fsp3) is 0.348. The molecule has 1 aliphatic rings. The monoisotopic (exact) mass is 425 g/mol. The lowest BCUT2D eigenvalue weighted by atomic mass is 10.1. The first-order chi connectivity index (χ1) is 14.5. The number of rotatable bonds is 7. The molecule has 7 heteroatoms. The van der Waals surface area contributed by atoms with E-state index in [4.69, 9.17) is 0 Å². The average molecular weight is 426 g/mol. The molecule has 0 atom stereocenters. The van der Waals surface area contributed by atoms with Crippen molar-refractivity contribution in [3.8, 4) is 0 Å². The first-order valence-corrected chi connectivity index (χ1v) is 11.9. The number of amides is 1. The molecule has 1 aliphatic heterocycles. The van der Waals surface area contributed by atoms with Gasteiger partial charge >= 0.3 is 0 Å². The number of nitrogens with one attached hydrogen (secondary N) is 2. The van der Waals surface area contributed by atoms with Gasteiger partial charge in [-0.3, -0.25) is 4.79 Å². The van der Waals surface area contributed by atoms with E-state index in [0.717, 1.165) is 41.3 Å². The zero-order chi connectivity index (χ0) is 21.0. The summed E-state index contributed by atoms with van der Waals surface area (Å²) in [5.74, 6) is -0.0229. The molecule has 0 aliphatic carbocycles. The van der Waals surface area contributed by atoms with Crippen LogP contribution in [-0.4, -0.2) is 36.7 Å². The first kappa shape index (κ1) is 20.6. The third-order valence-corrected chi connectivity index (χ3v) is 7.58. The van der Waals surface area contributed by atoms with Crippen molar-refractivity contribution in [3.63, 3.8) is 0 Å². The Bertz CT molecular complexity index is 1110. The minimum atomic E-state index is -3.42. The number of nitrogens with zero attached hydrogens (tertiary/aromatic N) is 1. The van der Waals surface area contributed by atoms with E-state index in [9.17, 15) is 13.2 Å². The van der Waals surface area contributed by atoms with Gasteiger partial charge in [-0.2, -0.15) is 4.31 Å². The van der Waals surface area contributed by atoms with Gasteiger partial charge in [-0.25, -0.2) is 8.42 Å². The highest BCUT2D eigenvalue weighted by molar-refractivity contribution is 7.89. The number of para-hydroxylation sites is 1. The molecule has 30 heavy (non-hydrogen) atoms. The molecule has 2 heterocycles. The van der Waals surface area contributed by atoms with Crippen molar-refractivity contribution in [3.05, 3.63) is 65.9 Å². The Kier molecular flexibility index (Phi) is 6.20. The normalized spacial score (nSPS) is 15.3. The molecular formula is C23H27N3O3S. The number of benzene rings is 2. The second-order valence-electron chi connectivity index (χ2n) is 7.74. The summed E-state index contributed by atoms with van der Waals surface area (Å²) in [6.45, 7) is 1.57. The van der Waals surface area contributed by atoms with Crippen LogP contribution in [0.1, 0.15) is 36.8 Å². The fourth-order valence-electron chi connectivity index (χ4n) is 3.91. The minimum Gasteiger partial charge on any atom is -0.361 e. The highest BCUT2D eigenvalue weighted by Crippen LogP contribution is 2.21. The van der Waals surface area contributed by atoms with Gasteiger partial charge in [-0.05, 0) is 48.6 Å². The summed E-state index contributed by atoms with van der Waals surface area (Å²) in [5.41, 5.74) is 3.09. The fourth-order valence-corrected chi connectivity index (χ4v) is 5.43. The number of aromatic nitrogens is 1. The molecular weight excluding hydrogens is 398 g/mol. The van der Waals surface area contributed by atoms with Crippen LogP contribution in [0.15, 0.2) is 59.6 Å². The lowest BCUT2D eigenvalue weighted by molar-refractivity contribution is -0.121. The van der Waals surface area contributed by atoms with Crippen molar-refractivity contribution in [1.29, 1.82) is 0 Å². The van der Waals surface area contributed by atoms with Crippen LogP contribution in [0, 0.1) is 0 Å². The van der Waals surface area contributed by atoms with Crippen LogP contribution >= 0.6 is 0 Å². The molecule has 6 nitrogen and oxygen atoms in total. The van der Waals surface area contributed by atoms with E-state index >= 15 is 0 Å². The van der Waals surface area contributed by atoms with Gasteiger partial charge in [-0.1, -0.05) is 36.8 Å². The van der Waals surface area contributed by atoms with Crippen LogP contribution in [0.3, 0.4) is 0 Å². The van der Waals surface area contributed by atoms with Crippen LogP contribution in [0.2, 0.25) is 0 Å². The molecule has 2 N–H and O–H groups in total. The highest BCUT2D eigenvalue weighted by atomic mass is 32.2. The molecule has 0 bridgehead atoms. The van der Waals surface area contributed by atoms with Crippen LogP contribution in [0.4, 0.5) is 0 Å². The van der Waals surface area contributed by atoms with E-state index in [1.807, 2.05) is 24.4 Å². The Hall–Kier alpha value is -2.64. The predicted octanol–water partition coefficient (Wildman–Crippen LogP) is 3.59. The molecule has 3 aromatic rings. The van der Waals surface area contributed by atoms with E-state index in [2.05, 4.69) is 16.4 Å². The molecule has 1 fully saturated rings. The van der Waals surface area contributed by atoms with Crippen LogP contribution < -0.4 is 5.32 Å². The Morgan fingerprint density at radius 2 is 1.73 bits per heavy atom. The quantitative estimate of drug-likeness (QED) is 0.607. The maximum Gasteiger partial charge on any atom is 0.243 e. The number of aromatic amines is 1. The third kappa shape index (κ3) is 4.57. The Morgan fingerprint density at radius 3 is 2.50 bits per heavy atom. The van der Waals surface area contributed by atoms with E-state index in [1.54, 1.807) is 28.6 Å². The molecule has 0 spiro atoms. The Balaban J connectivity index is 1.30. The minimum absolute atomic E-state index is 0.0229. The number of fused-ring (bicyclic) bond motifs is 1. The van der Waals surface area contributed by atoms with Crippen LogP contribution in [0.5, 0.6) is 0 Å². The number of hydrogen-bond donors (Lipinski definition) is 2. The van der Waals surface area contributed by atoms with E-state index in [-0.39, 0.29) is 5.91 Å². The Morgan fingerprint density at radius 1 is 1.00 bits per heavy atom. The molecule has 4 rings (SSSR count). The summed E-state index contributed by atoms with van der Waals surface area (Å²) in [5, 5.41) is 4.07. The largest absolute Gasteiger partial charge is 0.361 e. The van der Waals surface area contributed by atoms with Crippen LogP contribution in [-0.2, 0) is 27.8 Å². The second kappa shape index (κ2) is 9.02. The highest BCUT2D eigenvalue weighted by Gasteiger charge is 2.25. The van der Waals surface area contributed by atoms with Gasteiger partial charge in [-0.15, -0.1) is 0 Å². The number of piperidine rings is 1. The first-order valence-electron chi connectivity index (χ1n) is 10.4. The SMILES string of the molecule is O=C(CCc1c[nH]c2ccccc12)NCc1ccc(S(=O)(=O)N2CCCCC2)cc1. The van der Waals surface area contributed by atoms with Crippen LogP contribution in [0.25, 0.3) is 10.9 Å². The third-order valence-electron chi connectivity index (χ3n) is 5.66. The van der Waals surface area contributed by atoms with Gasteiger partial charge in [0.15, 0.2) is 0 Å². The predicted molar refractivity (Wildman–Crippen MR) is 118 cm³/mol. The molecule has 0 unspecified atom stereocenters. The number of H-pyrrole nitrogens is 1. The smallest absolute Gasteiger partial charge is 0.243 e. The number of sulfonamides is 1. The molecule has 0 radical (unpaired) electrons. The van der Waals surface area contributed by atoms with E-state index in [0.29, 0.717) is 37.4 Å². The molecule has 158 valence electrons. The van der Waals surface area contributed by atoms with Gasteiger partial charge in [0.2, 0.25) is 15.9 Å². The molecule has 1 aromatic heterocycles. The van der Waals surface area contributed by atoms with Crippen molar-refractivity contribution in [2.45, 2.75) is 43.5 Å². The van der Waals surface area contributed by atoms with Gasteiger partial charge in [0.05, 0.1) is 4.90 Å². The summed E-state index contributed by atoms with van der Waals surface area (Å²) in [6.07, 6.45) is 5.96. The lowest BCUT2D eigenvalue weighted by Crippen LogP contribution is -2.35. The van der Waals surface area contributed by atoms with Crippen molar-refractivity contribution in [2.75, 3.05) is 13.1 Å². The van der Waals surface area contributed by atoms with Gasteiger partial charge in [0, 0.05) is 43.2 Å². The summed E-state index contributed by atoms with van der Waals surface area (Å²) in [4.78, 5) is 15.8. The number of aryl methyl sites for hydroxylation is 1. The van der Waals surface area contributed by atoms with Crippen molar-refractivity contribution in [1.82, 2.24) is 14.6 Å². The van der Waals surface area contributed by atoms with Gasteiger partial charge in [0.1, 0.15) is 0 Å². The summed E-state index contributed by atoms with van der Waals surface area (Å²) < 4.78 is 27.0. The zero-order valence-electron chi connectivity index (χ0n) is 16.9. The maximum atomic E-state index is 12.7.